The van der Waals surface area contributed by atoms with Crippen LogP contribution in [0.15, 0.2) is 48.8 Å². The van der Waals surface area contributed by atoms with Gasteiger partial charge in [-0.25, -0.2) is 0 Å². The van der Waals surface area contributed by atoms with Crippen LogP contribution in [0.1, 0.15) is 12.5 Å². The molecule has 0 saturated heterocycles. The summed E-state index contributed by atoms with van der Waals surface area (Å²) in [6.07, 6.45) is 5.43. The Morgan fingerprint density at radius 2 is 2.08 bits per heavy atom. The minimum atomic E-state index is -1.45. The van der Waals surface area contributed by atoms with Crippen LogP contribution >= 0.6 is 0 Å². The van der Waals surface area contributed by atoms with Crippen molar-refractivity contribution in [3.63, 3.8) is 0 Å². The summed E-state index contributed by atoms with van der Waals surface area (Å²) in [4.78, 5) is 35.7. The molecule has 0 saturated carbocycles. The molecule has 6 nitrogen and oxygen atoms in total. The molecule has 25 heavy (non-hydrogen) atoms. The molecule has 130 valence electrons. The fraction of sp³-hybridized carbons (Fsp3) is 0.211. The minimum Gasteiger partial charge on any atom is -0.493 e. The van der Waals surface area contributed by atoms with E-state index in [-0.39, 0.29) is 5.76 Å². The number of carbonyl (C=O) groups excluding carboxylic acids is 3. The molecule has 0 fully saturated rings. The summed E-state index contributed by atoms with van der Waals surface area (Å²) in [6, 6.07) is 5.08. The number of hydrogen-bond donors (Lipinski definition) is 0. The van der Waals surface area contributed by atoms with Gasteiger partial charge in [0.2, 0.25) is 0 Å². The van der Waals surface area contributed by atoms with E-state index in [0.29, 0.717) is 23.7 Å². The van der Waals surface area contributed by atoms with E-state index in [0.717, 1.165) is 6.08 Å². The van der Waals surface area contributed by atoms with E-state index in [1.807, 2.05) is 0 Å². The molecule has 1 atom stereocenters. The van der Waals surface area contributed by atoms with Crippen molar-refractivity contribution in [2.75, 3.05) is 13.7 Å². The molecule has 0 aliphatic carbocycles. The monoisotopic (exact) mass is 342 g/mol. The van der Waals surface area contributed by atoms with Gasteiger partial charge in [-0.05, 0) is 30.7 Å². The SMILES string of the molecule is C=CCOc1ccc(/C=C/C(=O)[C@H]2C(=O)C=C(C)OC2=O)cc1OC. The van der Waals surface area contributed by atoms with Crippen LogP contribution in [-0.4, -0.2) is 31.3 Å². The highest BCUT2D eigenvalue weighted by molar-refractivity contribution is 6.25. The predicted molar refractivity (Wildman–Crippen MR) is 91.1 cm³/mol. The van der Waals surface area contributed by atoms with Gasteiger partial charge in [0, 0.05) is 6.08 Å². The second kappa shape index (κ2) is 8.10. The van der Waals surface area contributed by atoms with Crippen LogP contribution in [0, 0.1) is 5.92 Å². The third kappa shape index (κ3) is 4.44. The van der Waals surface area contributed by atoms with Gasteiger partial charge in [-0.15, -0.1) is 0 Å². The first-order valence-electron chi connectivity index (χ1n) is 7.53. The van der Waals surface area contributed by atoms with Crippen molar-refractivity contribution in [2.45, 2.75) is 6.92 Å². The van der Waals surface area contributed by atoms with Crippen LogP contribution in [0.5, 0.6) is 11.5 Å². The van der Waals surface area contributed by atoms with Crippen molar-refractivity contribution in [1.82, 2.24) is 0 Å². The second-order valence-electron chi connectivity index (χ2n) is 5.26. The van der Waals surface area contributed by atoms with E-state index >= 15 is 0 Å². The molecule has 1 aliphatic rings. The average Bonchev–Trinajstić information content (AvgIpc) is 2.57. The number of allylic oxidation sites excluding steroid dienone is 3. The standard InChI is InChI=1S/C19H18O6/c1-4-9-24-16-8-6-13(11-17(16)23-3)5-7-14(20)18-15(21)10-12(2)25-19(18)22/h4-8,10-11,18H,1,9H2,2-3H3/b7-5+/t18-/m0/s1. The lowest BCUT2D eigenvalue weighted by molar-refractivity contribution is -0.151. The lowest BCUT2D eigenvalue weighted by Crippen LogP contribution is -2.34. The Kier molecular flexibility index (Phi) is 5.89. The Balaban J connectivity index is 2.15. The topological polar surface area (TPSA) is 78.9 Å². The van der Waals surface area contributed by atoms with Crippen molar-refractivity contribution in [2.24, 2.45) is 5.92 Å². The Morgan fingerprint density at radius 1 is 1.32 bits per heavy atom. The van der Waals surface area contributed by atoms with Crippen molar-refractivity contribution in [1.29, 1.82) is 0 Å². The van der Waals surface area contributed by atoms with E-state index in [4.69, 9.17) is 14.2 Å². The van der Waals surface area contributed by atoms with Crippen molar-refractivity contribution in [3.8, 4) is 11.5 Å². The van der Waals surface area contributed by atoms with Gasteiger partial charge in [-0.3, -0.25) is 14.4 Å². The van der Waals surface area contributed by atoms with Crippen LogP contribution < -0.4 is 9.47 Å². The normalized spacial score (nSPS) is 17.0. The lowest BCUT2D eigenvalue weighted by Gasteiger charge is -2.15. The van der Waals surface area contributed by atoms with Crippen LogP contribution in [-0.2, 0) is 19.1 Å². The smallest absolute Gasteiger partial charge is 0.329 e. The van der Waals surface area contributed by atoms with Gasteiger partial charge in [-0.1, -0.05) is 24.8 Å². The lowest BCUT2D eigenvalue weighted by atomic mass is 9.96. The third-order valence-electron chi connectivity index (χ3n) is 3.40. The number of carbonyl (C=O) groups is 3. The van der Waals surface area contributed by atoms with E-state index < -0.39 is 23.5 Å². The van der Waals surface area contributed by atoms with Gasteiger partial charge in [0.05, 0.1) is 7.11 Å². The van der Waals surface area contributed by atoms with Gasteiger partial charge >= 0.3 is 5.97 Å². The molecule has 1 aromatic carbocycles. The highest BCUT2D eigenvalue weighted by atomic mass is 16.5. The van der Waals surface area contributed by atoms with Crippen molar-refractivity contribution in [3.05, 3.63) is 54.3 Å². The molecule has 2 rings (SSSR count). The van der Waals surface area contributed by atoms with E-state index in [9.17, 15) is 14.4 Å². The largest absolute Gasteiger partial charge is 0.493 e. The number of esters is 1. The molecule has 0 unspecified atom stereocenters. The Morgan fingerprint density at radius 3 is 2.72 bits per heavy atom. The first-order chi connectivity index (χ1) is 12.0. The summed E-state index contributed by atoms with van der Waals surface area (Å²) in [6.45, 7) is 5.39. The first-order valence-corrected chi connectivity index (χ1v) is 7.53. The van der Waals surface area contributed by atoms with Gasteiger partial charge in [-0.2, -0.15) is 0 Å². The maximum absolute atomic E-state index is 12.2. The van der Waals surface area contributed by atoms with Crippen molar-refractivity contribution >= 4 is 23.6 Å². The first kappa shape index (κ1) is 18.2. The maximum Gasteiger partial charge on any atom is 0.329 e. The van der Waals surface area contributed by atoms with Gasteiger partial charge < -0.3 is 14.2 Å². The quantitative estimate of drug-likeness (QED) is 0.328. The zero-order chi connectivity index (χ0) is 18.4. The van der Waals surface area contributed by atoms with Gasteiger partial charge in [0.25, 0.3) is 0 Å². The minimum absolute atomic E-state index is 0.183. The Hall–Kier alpha value is -3.15. The average molecular weight is 342 g/mol. The van der Waals surface area contributed by atoms with E-state index in [2.05, 4.69) is 6.58 Å². The number of cyclic esters (lactones) is 1. The molecule has 1 aromatic rings. The third-order valence-corrected chi connectivity index (χ3v) is 3.40. The number of rotatable bonds is 7. The molecular formula is C19H18O6. The molecule has 0 radical (unpaired) electrons. The zero-order valence-corrected chi connectivity index (χ0v) is 14.0. The molecule has 6 heteroatoms. The Labute approximate surface area is 145 Å². The fourth-order valence-corrected chi connectivity index (χ4v) is 2.23. The summed E-state index contributed by atoms with van der Waals surface area (Å²) in [7, 11) is 1.50. The van der Waals surface area contributed by atoms with Crippen molar-refractivity contribution < 1.29 is 28.6 Å². The molecule has 0 N–H and O–H groups in total. The van der Waals surface area contributed by atoms with Crippen LogP contribution in [0.2, 0.25) is 0 Å². The molecule has 0 bridgehead atoms. The molecule has 0 amide bonds. The summed E-state index contributed by atoms with van der Waals surface area (Å²) < 4.78 is 15.5. The van der Waals surface area contributed by atoms with E-state index in [1.54, 1.807) is 24.3 Å². The van der Waals surface area contributed by atoms with Crippen LogP contribution in [0.4, 0.5) is 0 Å². The maximum atomic E-state index is 12.2. The molecule has 0 spiro atoms. The van der Waals surface area contributed by atoms with Crippen LogP contribution in [0.25, 0.3) is 6.08 Å². The fourth-order valence-electron chi connectivity index (χ4n) is 2.23. The highest BCUT2D eigenvalue weighted by Gasteiger charge is 2.36. The predicted octanol–water partition coefficient (Wildman–Crippen LogP) is 2.49. The number of ketones is 2. The number of ether oxygens (including phenoxy) is 3. The summed E-state index contributed by atoms with van der Waals surface area (Å²) in [5.74, 6) is -2.30. The summed E-state index contributed by atoms with van der Waals surface area (Å²) in [5.41, 5.74) is 0.652. The second-order valence-corrected chi connectivity index (χ2v) is 5.26. The number of hydrogen-bond acceptors (Lipinski definition) is 6. The Bertz CT molecular complexity index is 772. The molecular weight excluding hydrogens is 324 g/mol. The molecule has 1 aliphatic heterocycles. The highest BCUT2D eigenvalue weighted by Crippen LogP contribution is 2.28. The number of benzene rings is 1. The van der Waals surface area contributed by atoms with Gasteiger partial charge in [0.1, 0.15) is 12.4 Å². The van der Waals surface area contributed by atoms with Crippen LogP contribution in [0.3, 0.4) is 0 Å². The number of methoxy groups -OCH3 is 1. The summed E-state index contributed by atoms with van der Waals surface area (Å²) in [5, 5.41) is 0. The zero-order valence-electron chi connectivity index (χ0n) is 14.0. The van der Waals surface area contributed by atoms with E-state index in [1.165, 1.54) is 26.2 Å². The molecule has 1 heterocycles. The summed E-state index contributed by atoms with van der Waals surface area (Å²) >= 11 is 0. The molecule has 0 aromatic heterocycles. The van der Waals surface area contributed by atoms with Gasteiger partial charge in [0.15, 0.2) is 29.0 Å².